The van der Waals surface area contributed by atoms with Gasteiger partial charge in [0.15, 0.2) is 0 Å². The summed E-state index contributed by atoms with van der Waals surface area (Å²) in [5, 5.41) is 0.883. The van der Waals surface area contributed by atoms with Crippen molar-refractivity contribution in [1.29, 1.82) is 0 Å². The van der Waals surface area contributed by atoms with E-state index in [9.17, 15) is 0 Å². The zero-order valence-corrected chi connectivity index (χ0v) is 10.2. The van der Waals surface area contributed by atoms with E-state index >= 15 is 0 Å². The summed E-state index contributed by atoms with van der Waals surface area (Å²) in [5.41, 5.74) is 1.19. The molecule has 1 saturated heterocycles. The summed E-state index contributed by atoms with van der Waals surface area (Å²) in [7, 11) is 0. The van der Waals surface area contributed by atoms with Gasteiger partial charge >= 0.3 is 0 Å². The van der Waals surface area contributed by atoms with Crippen molar-refractivity contribution in [1.82, 2.24) is 0 Å². The van der Waals surface area contributed by atoms with Crippen molar-refractivity contribution in [3.05, 3.63) is 26.8 Å². The van der Waals surface area contributed by atoms with Crippen molar-refractivity contribution in [2.45, 2.75) is 12.8 Å². The minimum absolute atomic E-state index is 0.883. The van der Waals surface area contributed by atoms with Gasteiger partial charge in [0.05, 0.1) is 10.7 Å². The second-order valence-corrected chi connectivity index (χ2v) is 4.94. The molecule has 0 saturated carbocycles. The second-order valence-electron chi connectivity index (χ2n) is 3.29. The number of anilines is 1. The fraction of sp³-hybridized carbons (Fsp3) is 0.400. The number of hydrogen-bond donors (Lipinski definition) is 0. The Morgan fingerprint density at radius 1 is 1.23 bits per heavy atom. The first kappa shape index (κ1) is 9.59. The highest BCUT2D eigenvalue weighted by Crippen LogP contribution is 2.29. The first-order chi connectivity index (χ1) is 6.27. The molecule has 13 heavy (non-hydrogen) atoms. The van der Waals surface area contributed by atoms with Gasteiger partial charge in [-0.1, -0.05) is 11.6 Å². The summed E-state index contributed by atoms with van der Waals surface area (Å²) in [4.78, 5) is 2.36. The lowest BCUT2D eigenvalue weighted by Crippen LogP contribution is -2.17. The van der Waals surface area contributed by atoms with Gasteiger partial charge < -0.3 is 4.90 Å². The van der Waals surface area contributed by atoms with Gasteiger partial charge in [0.1, 0.15) is 0 Å². The molecule has 0 N–H and O–H groups in total. The van der Waals surface area contributed by atoms with E-state index in [1.165, 1.54) is 22.1 Å². The van der Waals surface area contributed by atoms with Gasteiger partial charge in [-0.25, -0.2) is 0 Å². The monoisotopic (exact) mass is 307 g/mol. The number of halogens is 2. The Balaban J connectivity index is 2.29. The fourth-order valence-corrected chi connectivity index (χ4v) is 2.67. The van der Waals surface area contributed by atoms with E-state index in [1.807, 2.05) is 6.07 Å². The summed E-state index contributed by atoms with van der Waals surface area (Å²) in [6.45, 7) is 2.31. The molecule has 0 bridgehead atoms. The quantitative estimate of drug-likeness (QED) is 0.717. The van der Waals surface area contributed by atoms with Gasteiger partial charge in [-0.15, -0.1) is 0 Å². The van der Waals surface area contributed by atoms with Crippen molar-refractivity contribution in [2.75, 3.05) is 18.0 Å². The average Bonchev–Trinajstić information content (AvgIpc) is 2.56. The zero-order valence-electron chi connectivity index (χ0n) is 7.26. The smallest absolute Gasteiger partial charge is 0.0650 e. The van der Waals surface area contributed by atoms with Crippen LogP contribution < -0.4 is 4.90 Å². The third kappa shape index (κ3) is 2.10. The van der Waals surface area contributed by atoms with Crippen molar-refractivity contribution in [3.63, 3.8) is 0 Å². The molecule has 1 aliphatic rings. The highest BCUT2D eigenvalue weighted by Gasteiger charge is 2.14. The first-order valence-corrected chi connectivity index (χ1v) is 5.93. The Kier molecular flexibility index (Phi) is 2.99. The normalized spacial score (nSPS) is 16.6. The fourth-order valence-electron chi connectivity index (χ4n) is 1.70. The van der Waals surface area contributed by atoms with Crippen LogP contribution in [0.3, 0.4) is 0 Å². The second kappa shape index (κ2) is 4.05. The Hall–Kier alpha value is 0.0400. The minimum Gasteiger partial charge on any atom is -0.370 e. The van der Waals surface area contributed by atoms with Crippen LogP contribution in [-0.4, -0.2) is 13.1 Å². The highest BCUT2D eigenvalue weighted by atomic mass is 127. The lowest BCUT2D eigenvalue weighted by molar-refractivity contribution is 0.949. The summed E-state index contributed by atoms with van der Waals surface area (Å²) < 4.78 is 1.20. The topological polar surface area (TPSA) is 3.24 Å². The Bertz CT molecular complexity index is 308. The van der Waals surface area contributed by atoms with Crippen molar-refractivity contribution in [2.24, 2.45) is 0 Å². The van der Waals surface area contributed by atoms with Crippen LogP contribution in [0.15, 0.2) is 18.2 Å². The van der Waals surface area contributed by atoms with E-state index in [0.29, 0.717) is 0 Å². The van der Waals surface area contributed by atoms with E-state index in [0.717, 1.165) is 18.1 Å². The van der Waals surface area contributed by atoms with E-state index in [4.69, 9.17) is 11.6 Å². The van der Waals surface area contributed by atoms with Gasteiger partial charge in [-0.2, -0.15) is 0 Å². The van der Waals surface area contributed by atoms with Crippen LogP contribution in [0.5, 0.6) is 0 Å². The van der Waals surface area contributed by atoms with Gasteiger partial charge in [-0.05, 0) is 53.6 Å². The molecule has 0 unspecified atom stereocenters. The largest absolute Gasteiger partial charge is 0.370 e. The van der Waals surface area contributed by atoms with E-state index in [1.54, 1.807) is 0 Å². The van der Waals surface area contributed by atoms with Crippen LogP contribution in [0.1, 0.15) is 12.8 Å². The standard InChI is InChI=1S/C10H11ClIN/c11-9-7-8(12)3-4-10(9)13-5-1-2-6-13/h3-4,7H,1-2,5-6H2. The molecule has 70 valence electrons. The molecule has 2 rings (SSSR count). The van der Waals surface area contributed by atoms with E-state index < -0.39 is 0 Å². The highest BCUT2D eigenvalue weighted by molar-refractivity contribution is 14.1. The maximum Gasteiger partial charge on any atom is 0.0650 e. The maximum absolute atomic E-state index is 6.16. The number of rotatable bonds is 1. The summed E-state index contributed by atoms with van der Waals surface area (Å²) >= 11 is 8.45. The molecular weight excluding hydrogens is 296 g/mol. The third-order valence-electron chi connectivity index (χ3n) is 2.36. The predicted molar refractivity (Wildman–Crippen MR) is 65.6 cm³/mol. The van der Waals surface area contributed by atoms with Crippen LogP contribution in [-0.2, 0) is 0 Å². The molecule has 3 heteroatoms. The molecule has 0 amide bonds. The number of benzene rings is 1. The molecule has 1 aliphatic heterocycles. The van der Waals surface area contributed by atoms with Crippen molar-refractivity contribution >= 4 is 39.9 Å². The minimum atomic E-state index is 0.883. The summed E-state index contributed by atoms with van der Waals surface area (Å²) in [5.74, 6) is 0. The van der Waals surface area contributed by atoms with Gasteiger partial charge in [0.2, 0.25) is 0 Å². The molecular formula is C10H11ClIN. The van der Waals surface area contributed by atoms with Crippen molar-refractivity contribution < 1.29 is 0 Å². The molecule has 0 atom stereocenters. The number of hydrogen-bond acceptors (Lipinski definition) is 1. The van der Waals surface area contributed by atoms with Crippen LogP contribution in [0.4, 0.5) is 5.69 Å². The van der Waals surface area contributed by atoms with E-state index in [-0.39, 0.29) is 0 Å². The summed E-state index contributed by atoms with van der Waals surface area (Å²) in [6, 6.07) is 6.26. The Morgan fingerprint density at radius 2 is 1.92 bits per heavy atom. The predicted octanol–water partition coefficient (Wildman–Crippen LogP) is 3.54. The molecule has 0 radical (unpaired) electrons. The molecule has 1 nitrogen and oxygen atoms in total. The molecule has 1 aromatic rings. The lowest BCUT2D eigenvalue weighted by Gasteiger charge is -2.18. The number of nitrogens with zero attached hydrogens (tertiary/aromatic N) is 1. The maximum atomic E-state index is 6.16. The lowest BCUT2D eigenvalue weighted by atomic mass is 10.3. The van der Waals surface area contributed by atoms with Crippen LogP contribution in [0.2, 0.25) is 5.02 Å². The van der Waals surface area contributed by atoms with Crippen LogP contribution in [0, 0.1) is 3.57 Å². The molecule has 0 aliphatic carbocycles. The van der Waals surface area contributed by atoms with Crippen LogP contribution >= 0.6 is 34.2 Å². The molecule has 1 heterocycles. The van der Waals surface area contributed by atoms with Crippen LogP contribution in [0.25, 0.3) is 0 Å². The van der Waals surface area contributed by atoms with Gasteiger partial charge in [0.25, 0.3) is 0 Å². The molecule has 1 aromatic carbocycles. The average molecular weight is 308 g/mol. The van der Waals surface area contributed by atoms with E-state index in [2.05, 4.69) is 39.6 Å². The Labute approximate surface area is 97.2 Å². The SMILES string of the molecule is Clc1cc(I)ccc1N1CCCC1. The zero-order chi connectivity index (χ0) is 9.26. The summed E-state index contributed by atoms with van der Waals surface area (Å²) in [6.07, 6.45) is 2.59. The third-order valence-corrected chi connectivity index (χ3v) is 3.33. The molecule has 0 aromatic heterocycles. The van der Waals surface area contributed by atoms with Gasteiger partial charge in [0, 0.05) is 16.7 Å². The van der Waals surface area contributed by atoms with Gasteiger partial charge in [-0.3, -0.25) is 0 Å². The Morgan fingerprint density at radius 3 is 2.54 bits per heavy atom. The first-order valence-electron chi connectivity index (χ1n) is 4.47. The van der Waals surface area contributed by atoms with Crippen molar-refractivity contribution in [3.8, 4) is 0 Å². The molecule has 1 fully saturated rings. The molecule has 0 spiro atoms.